The molecule has 0 aliphatic heterocycles. The third kappa shape index (κ3) is 7.27. The Morgan fingerprint density at radius 3 is 2.38 bits per heavy atom. The molecule has 0 spiro atoms. The van der Waals surface area contributed by atoms with Gasteiger partial charge in [0, 0.05) is 0 Å². The van der Waals surface area contributed by atoms with Crippen LogP contribution >= 0.6 is 0 Å². The van der Waals surface area contributed by atoms with Gasteiger partial charge in [-0.3, -0.25) is 0 Å². The van der Waals surface area contributed by atoms with Gasteiger partial charge < -0.3 is 14.7 Å². The number of carbonyl (C=O) groups is 2. The molecule has 0 aliphatic rings. The SMILES string of the molecule is CN(C)CCCCOC(=O)C(=O)O. The molecule has 1 N–H and O–H groups in total. The Morgan fingerprint density at radius 2 is 1.92 bits per heavy atom. The Labute approximate surface area is 77.3 Å². The van der Waals surface area contributed by atoms with E-state index >= 15 is 0 Å². The van der Waals surface area contributed by atoms with Crippen molar-refractivity contribution in [2.75, 3.05) is 27.2 Å². The zero-order valence-corrected chi connectivity index (χ0v) is 7.95. The number of esters is 1. The molecular formula is C8H15NO4. The Morgan fingerprint density at radius 1 is 1.31 bits per heavy atom. The van der Waals surface area contributed by atoms with Crippen molar-refractivity contribution < 1.29 is 19.4 Å². The summed E-state index contributed by atoms with van der Waals surface area (Å²) in [7, 11) is 3.90. The topological polar surface area (TPSA) is 66.8 Å². The third-order valence-electron chi connectivity index (χ3n) is 1.41. The lowest BCUT2D eigenvalue weighted by molar-refractivity contribution is -0.163. The number of hydrogen-bond donors (Lipinski definition) is 1. The zero-order valence-electron chi connectivity index (χ0n) is 7.95. The van der Waals surface area contributed by atoms with E-state index < -0.39 is 11.9 Å². The van der Waals surface area contributed by atoms with E-state index in [4.69, 9.17) is 5.11 Å². The smallest absolute Gasteiger partial charge is 0.417 e. The number of carbonyl (C=O) groups excluding carboxylic acids is 1. The van der Waals surface area contributed by atoms with E-state index in [-0.39, 0.29) is 6.61 Å². The van der Waals surface area contributed by atoms with Crippen LogP contribution < -0.4 is 0 Å². The van der Waals surface area contributed by atoms with Crippen molar-refractivity contribution in [1.29, 1.82) is 0 Å². The second-order valence-corrected chi connectivity index (χ2v) is 2.95. The predicted octanol–water partition coefficient (Wildman–Crippen LogP) is -0.0440. The molecule has 13 heavy (non-hydrogen) atoms. The number of nitrogens with zero attached hydrogens (tertiary/aromatic N) is 1. The lowest BCUT2D eigenvalue weighted by Crippen LogP contribution is -2.18. The molecular weight excluding hydrogens is 174 g/mol. The average molecular weight is 189 g/mol. The minimum atomic E-state index is -1.53. The van der Waals surface area contributed by atoms with Crippen molar-refractivity contribution in [3.8, 4) is 0 Å². The normalized spacial score (nSPS) is 10.1. The summed E-state index contributed by atoms with van der Waals surface area (Å²) in [6, 6.07) is 0. The fourth-order valence-corrected chi connectivity index (χ4v) is 0.757. The Bertz CT molecular complexity index is 179. The molecule has 0 bridgehead atoms. The highest BCUT2D eigenvalue weighted by Crippen LogP contribution is 1.92. The van der Waals surface area contributed by atoms with Crippen molar-refractivity contribution in [1.82, 2.24) is 4.90 Å². The number of hydrogen-bond acceptors (Lipinski definition) is 4. The minimum absolute atomic E-state index is 0.180. The maximum atomic E-state index is 10.4. The van der Waals surface area contributed by atoms with Crippen LogP contribution in [-0.2, 0) is 14.3 Å². The van der Waals surface area contributed by atoms with Gasteiger partial charge in [0.1, 0.15) is 0 Å². The largest absolute Gasteiger partial charge is 0.473 e. The first-order valence-electron chi connectivity index (χ1n) is 4.09. The zero-order chi connectivity index (χ0) is 10.3. The number of carboxylic acid groups (broad SMARTS) is 1. The molecule has 0 fully saturated rings. The fraction of sp³-hybridized carbons (Fsp3) is 0.750. The molecule has 0 aromatic carbocycles. The molecule has 5 heteroatoms. The molecule has 0 atom stereocenters. The van der Waals surface area contributed by atoms with Crippen molar-refractivity contribution >= 4 is 11.9 Å². The van der Waals surface area contributed by atoms with Crippen LogP contribution in [0.5, 0.6) is 0 Å². The molecule has 0 rings (SSSR count). The quantitative estimate of drug-likeness (QED) is 0.373. The van der Waals surface area contributed by atoms with E-state index in [1.807, 2.05) is 19.0 Å². The Kier molecular flexibility index (Phi) is 5.88. The monoisotopic (exact) mass is 189 g/mol. The average Bonchev–Trinajstić information content (AvgIpc) is 2.02. The van der Waals surface area contributed by atoms with E-state index in [2.05, 4.69) is 4.74 Å². The van der Waals surface area contributed by atoms with E-state index in [0.717, 1.165) is 13.0 Å². The van der Waals surface area contributed by atoms with Gasteiger partial charge in [0.15, 0.2) is 0 Å². The highest BCUT2D eigenvalue weighted by atomic mass is 16.6. The Hall–Kier alpha value is -1.10. The molecule has 0 unspecified atom stereocenters. The second-order valence-electron chi connectivity index (χ2n) is 2.95. The molecule has 0 saturated heterocycles. The number of unbranched alkanes of at least 4 members (excludes halogenated alkanes) is 1. The first-order valence-corrected chi connectivity index (χ1v) is 4.09. The van der Waals surface area contributed by atoms with Crippen molar-refractivity contribution in [2.45, 2.75) is 12.8 Å². The van der Waals surface area contributed by atoms with Gasteiger partial charge in [-0.25, -0.2) is 9.59 Å². The van der Waals surface area contributed by atoms with Crippen LogP contribution in [-0.4, -0.2) is 49.2 Å². The number of ether oxygens (including phenoxy) is 1. The number of carboxylic acids is 1. The van der Waals surface area contributed by atoms with Crippen LogP contribution in [0.3, 0.4) is 0 Å². The maximum absolute atomic E-state index is 10.4. The highest BCUT2D eigenvalue weighted by Gasteiger charge is 2.11. The van der Waals surface area contributed by atoms with Gasteiger partial charge in [0.05, 0.1) is 6.61 Å². The standard InChI is InChI=1S/C8H15NO4/c1-9(2)5-3-4-6-13-8(12)7(10)11/h3-6H2,1-2H3,(H,10,11). The summed E-state index contributed by atoms with van der Waals surface area (Å²) < 4.78 is 4.43. The molecule has 0 heterocycles. The van der Waals surface area contributed by atoms with E-state index in [9.17, 15) is 9.59 Å². The molecule has 76 valence electrons. The van der Waals surface area contributed by atoms with Crippen LogP contribution in [0.1, 0.15) is 12.8 Å². The maximum Gasteiger partial charge on any atom is 0.417 e. The summed E-state index contributed by atoms with van der Waals surface area (Å²) in [6.45, 7) is 1.09. The van der Waals surface area contributed by atoms with Crippen LogP contribution in [0.2, 0.25) is 0 Å². The van der Waals surface area contributed by atoms with E-state index in [1.165, 1.54) is 0 Å². The van der Waals surface area contributed by atoms with Crippen LogP contribution in [0.25, 0.3) is 0 Å². The van der Waals surface area contributed by atoms with Gasteiger partial charge >= 0.3 is 11.9 Å². The minimum Gasteiger partial charge on any atom is -0.473 e. The van der Waals surface area contributed by atoms with Crippen LogP contribution in [0.15, 0.2) is 0 Å². The summed E-state index contributed by atoms with van der Waals surface area (Å²) in [6.07, 6.45) is 1.58. The summed E-state index contributed by atoms with van der Waals surface area (Å²) in [4.78, 5) is 22.4. The lowest BCUT2D eigenvalue weighted by Gasteiger charge is -2.08. The summed E-state index contributed by atoms with van der Waals surface area (Å²) >= 11 is 0. The molecule has 0 amide bonds. The van der Waals surface area contributed by atoms with Gasteiger partial charge in [0.25, 0.3) is 0 Å². The Balaban J connectivity index is 3.26. The molecule has 0 aliphatic carbocycles. The molecule has 0 saturated carbocycles. The van der Waals surface area contributed by atoms with E-state index in [0.29, 0.717) is 6.42 Å². The first kappa shape index (κ1) is 11.9. The van der Waals surface area contributed by atoms with Gasteiger partial charge in [-0.1, -0.05) is 0 Å². The highest BCUT2D eigenvalue weighted by molar-refractivity contribution is 6.28. The predicted molar refractivity (Wildman–Crippen MR) is 46.4 cm³/mol. The molecule has 0 radical (unpaired) electrons. The van der Waals surface area contributed by atoms with Crippen molar-refractivity contribution in [3.63, 3.8) is 0 Å². The summed E-state index contributed by atoms with van der Waals surface area (Å²) in [5.41, 5.74) is 0. The summed E-state index contributed by atoms with van der Waals surface area (Å²) in [5.74, 6) is -2.71. The number of rotatable bonds is 5. The number of aliphatic carboxylic acids is 1. The van der Waals surface area contributed by atoms with Crippen molar-refractivity contribution in [3.05, 3.63) is 0 Å². The molecule has 0 aromatic rings. The summed E-state index contributed by atoms with van der Waals surface area (Å²) in [5, 5.41) is 8.14. The lowest BCUT2D eigenvalue weighted by atomic mass is 10.3. The second kappa shape index (κ2) is 6.42. The third-order valence-corrected chi connectivity index (χ3v) is 1.41. The van der Waals surface area contributed by atoms with E-state index in [1.54, 1.807) is 0 Å². The molecule has 0 aromatic heterocycles. The fourth-order valence-electron chi connectivity index (χ4n) is 0.757. The van der Waals surface area contributed by atoms with Gasteiger partial charge in [-0.2, -0.15) is 0 Å². The van der Waals surface area contributed by atoms with Crippen LogP contribution in [0.4, 0.5) is 0 Å². The van der Waals surface area contributed by atoms with Gasteiger partial charge in [-0.15, -0.1) is 0 Å². The van der Waals surface area contributed by atoms with Gasteiger partial charge in [-0.05, 0) is 33.5 Å². The van der Waals surface area contributed by atoms with Gasteiger partial charge in [0.2, 0.25) is 0 Å². The van der Waals surface area contributed by atoms with Crippen LogP contribution in [0, 0.1) is 0 Å². The first-order chi connectivity index (χ1) is 6.04. The van der Waals surface area contributed by atoms with Crippen molar-refractivity contribution in [2.24, 2.45) is 0 Å². The molecule has 5 nitrogen and oxygen atoms in total.